The Morgan fingerprint density at radius 3 is 2.56 bits per heavy atom. The van der Waals surface area contributed by atoms with Crippen LogP contribution in [0.3, 0.4) is 0 Å². The predicted octanol–water partition coefficient (Wildman–Crippen LogP) is 2.85. The minimum atomic E-state index is 0.606. The van der Waals surface area contributed by atoms with Gasteiger partial charge in [-0.15, -0.1) is 0 Å². The zero-order valence-electron chi connectivity index (χ0n) is 8.18. The van der Waals surface area contributed by atoms with Crippen LogP contribution in [-0.2, 0) is 0 Å². The number of rotatable bonds is 2. The van der Waals surface area contributed by atoms with E-state index in [2.05, 4.69) is 37.3 Å². The molecule has 4 nitrogen and oxygen atoms in total. The van der Waals surface area contributed by atoms with Crippen LogP contribution in [0.25, 0.3) is 0 Å². The van der Waals surface area contributed by atoms with Gasteiger partial charge in [0.15, 0.2) is 0 Å². The summed E-state index contributed by atoms with van der Waals surface area (Å²) in [6, 6.07) is 7.50. The number of hydrogen-bond donors (Lipinski definition) is 1. The van der Waals surface area contributed by atoms with E-state index in [0.29, 0.717) is 5.56 Å². The molecular weight excluding hydrogens is 268 g/mol. The van der Waals surface area contributed by atoms with Crippen molar-refractivity contribution in [2.24, 2.45) is 0 Å². The van der Waals surface area contributed by atoms with E-state index >= 15 is 0 Å². The molecule has 1 N–H and O–H groups in total. The quantitative estimate of drug-likeness (QED) is 0.915. The highest BCUT2D eigenvalue weighted by Crippen LogP contribution is 2.22. The van der Waals surface area contributed by atoms with Crippen LogP contribution in [0, 0.1) is 11.3 Å². The third-order valence-electron chi connectivity index (χ3n) is 1.94. The van der Waals surface area contributed by atoms with Crippen molar-refractivity contribution in [3.8, 4) is 6.07 Å². The van der Waals surface area contributed by atoms with Gasteiger partial charge in [-0.2, -0.15) is 5.26 Å². The molecule has 0 aliphatic rings. The fourth-order valence-corrected chi connectivity index (χ4v) is 1.68. The first-order chi connectivity index (χ1) is 7.79. The predicted molar refractivity (Wildman–Crippen MR) is 64.2 cm³/mol. The van der Waals surface area contributed by atoms with Gasteiger partial charge < -0.3 is 5.32 Å². The number of anilines is 2. The molecule has 0 unspecified atom stereocenters. The summed E-state index contributed by atoms with van der Waals surface area (Å²) in [4.78, 5) is 7.80. The summed E-state index contributed by atoms with van der Waals surface area (Å²) in [6.45, 7) is 0. The first kappa shape index (κ1) is 10.6. The molecule has 1 aromatic heterocycles. The van der Waals surface area contributed by atoms with Gasteiger partial charge in [0, 0.05) is 10.2 Å². The van der Waals surface area contributed by atoms with Crippen molar-refractivity contribution in [1.82, 2.24) is 9.97 Å². The smallest absolute Gasteiger partial charge is 0.115 e. The van der Waals surface area contributed by atoms with E-state index in [-0.39, 0.29) is 0 Å². The number of benzene rings is 1. The summed E-state index contributed by atoms with van der Waals surface area (Å²) >= 11 is 3.33. The average Bonchev–Trinajstić information content (AvgIpc) is 2.31. The molecule has 0 bridgehead atoms. The van der Waals surface area contributed by atoms with Crippen molar-refractivity contribution in [3.05, 3.63) is 47.0 Å². The minimum Gasteiger partial charge on any atom is -0.353 e. The highest BCUT2D eigenvalue weighted by molar-refractivity contribution is 9.10. The van der Waals surface area contributed by atoms with Gasteiger partial charge in [-0.25, -0.2) is 9.97 Å². The van der Waals surface area contributed by atoms with E-state index in [9.17, 15) is 0 Å². The molecule has 0 saturated carbocycles. The number of hydrogen-bond acceptors (Lipinski definition) is 4. The van der Waals surface area contributed by atoms with E-state index < -0.39 is 0 Å². The molecule has 0 aliphatic heterocycles. The van der Waals surface area contributed by atoms with Gasteiger partial charge in [-0.05, 0) is 34.1 Å². The average molecular weight is 275 g/mol. The number of aromatic nitrogens is 2. The number of nitriles is 1. The van der Waals surface area contributed by atoms with Gasteiger partial charge in [0.2, 0.25) is 0 Å². The topological polar surface area (TPSA) is 61.6 Å². The first-order valence-electron chi connectivity index (χ1n) is 4.51. The fraction of sp³-hybridized carbons (Fsp3) is 0. The Labute approximate surface area is 101 Å². The monoisotopic (exact) mass is 274 g/mol. The molecule has 0 atom stereocenters. The zero-order chi connectivity index (χ0) is 11.4. The van der Waals surface area contributed by atoms with Crippen LogP contribution in [0.2, 0.25) is 0 Å². The van der Waals surface area contributed by atoms with Gasteiger partial charge >= 0.3 is 0 Å². The number of nitrogens with one attached hydrogen (secondary N) is 1. The van der Waals surface area contributed by atoms with E-state index in [1.54, 1.807) is 18.5 Å². The van der Waals surface area contributed by atoms with E-state index in [1.165, 1.54) is 6.33 Å². The van der Waals surface area contributed by atoms with Crippen LogP contribution >= 0.6 is 15.9 Å². The Bertz CT molecular complexity index is 533. The van der Waals surface area contributed by atoms with Gasteiger partial charge in [-0.1, -0.05) is 0 Å². The molecule has 0 amide bonds. The van der Waals surface area contributed by atoms with Crippen molar-refractivity contribution < 1.29 is 0 Å². The largest absolute Gasteiger partial charge is 0.353 e. The van der Waals surface area contributed by atoms with Crippen LogP contribution in [0.5, 0.6) is 0 Å². The lowest BCUT2D eigenvalue weighted by Crippen LogP contribution is -1.92. The molecule has 2 rings (SSSR count). The van der Waals surface area contributed by atoms with E-state index in [1.807, 2.05) is 12.1 Å². The molecule has 0 aliphatic carbocycles. The highest BCUT2D eigenvalue weighted by Gasteiger charge is 2.00. The van der Waals surface area contributed by atoms with E-state index in [0.717, 1.165) is 15.8 Å². The van der Waals surface area contributed by atoms with E-state index in [4.69, 9.17) is 5.26 Å². The van der Waals surface area contributed by atoms with Crippen molar-refractivity contribution in [3.63, 3.8) is 0 Å². The lowest BCUT2D eigenvalue weighted by atomic mass is 10.2. The van der Waals surface area contributed by atoms with Crippen molar-refractivity contribution in [2.75, 3.05) is 5.32 Å². The number of nitrogens with zero attached hydrogens (tertiary/aromatic N) is 3. The summed E-state index contributed by atoms with van der Waals surface area (Å²) < 4.78 is 0.761. The van der Waals surface area contributed by atoms with Gasteiger partial charge in [0.1, 0.15) is 12.4 Å². The third-order valence-corrected chi connectivity index (χ3v) is 2.59. The molecule has 0 saturated heterocycles. The Morgan fingerprint density at radius 2 is 1.94 bits per heavy atom. The summed E-state index contributed by atoms with van der Waals surface area (Å²) in [6.07, 6.45) is 4.83. The summed E-state index contributed by atoms with van der Waals surface area (Å²) in [5, 5.41) is 11.9. The molecule has 78 valence electrons. The van der Waals surface area contributed by atoms with Crippen LogP contribution in [0.4, 0.5) is 11.4 Å². The minimum absolute atomic E-state index is 0.606. The Morgan fingerprint density at radius 1 is 1.19 bits per heavy atom. The van der Waals surface area contributed by atoms with Crippen molar-refractivity contribution >= 4 is 27.3 Å². The molecule has 2 aromatic rings. The molecule has 1 aromatic carbocycles. The summed E-state index contributed by atoms with van der Waals surface area (Å²) in [5.74, 6) is 0. The van der Waals surface area contributed by atoms with Crippen LogP contribution < -0.4 is 5.32 Å². The molecular formula is C11H7BrN4. The zero-order valence-corrected chi connectivity index (χ0v) is 9.77. The lowest BCUT2D eigenvalue weighted by molar-refractivity contribution is 1.17. The Kier molecular flexibility index (Phi) is 3.13. The first-order valence-corrected chi connectivity index (χ1v) is 5.30. The molecule has 0 radical (unpaired) electrons. The second-order valence-corrected chi connectivity index (χ2v) is 3.91. The van der Waals surface area contributed by atoms with Crippen LogP contribution in [0.1, 0.15) is 5.56 Å². The third kappa shape index (κ3) is 2.35. The van der Waals surface area contributed by atoms with Crippen molar-refractivity contribution in [1.29, 1.82) is 5.26 Å². The summed E-state index contributed by atoms with van der Waals surface area (Å²) in [5.41, 5.74) is 2.29. The van der Waals surface area contributed by atoms with Crippen molar-refractivity contribution in [2.45, 2.75) is 0 Å². The Balaban J connectivity index is 2.24. The van der Waals surface area contributed by atoms with Crippen LogP contribution in [-0.4, -0.2) is 9.97 Å². The second-order valence-electron chi connectivity index (χ2n) is 3.06. The Hall–Kier alpha value is -1.93. The molecule has 1 heterocycles. The lowest BCUT2D eigenvalue weighted by Gasteiger charge is -2.05. The molecule has 5 heteroatoms. The standard InChI is InChI=1S/C11H7BrN4/c12-11-3-9(2-1-8(11)4-13)16-10-5-14-7-15-6-10/h1-3,5-7,16H. The van der Waals surface area contributed by atoms with Gasteiger partial charge in [-0.3, -0.25) is 0 Å². The normalized spacial score (nSPS) is 9.50. The maximum Gasteiger partial charge on any atom is 0.115 e. The molecule has 0 fully saturated rings. The second kappa shape index (κ2) is 4.73. The van der Waals surface area contributed by atoms with Crippen LogP contribution in [0.15, 0.2) is 41.4 Å². The maximum absolute atomic E-state index is 8.78. The summed E-state index contributed by atoms with van der Waals surface area (Å²) in [7, 11) is 0. The maximum atomic E-state index is 8.78. The SMILES string of the molecule is N#Cc1ccc(Nc2cncnc2)cc1Br. The molecule has 0 spiro atoms. The van der Waals surface area contributed by atoms with Gasteiger partial charge in [0.25, 0.3) is 0 Å². The van der Waals surface area contributed by atoms with Gasteiger partial charge in [0.05, 0.1) is 23.6 Å². The molecule has 16 heavy (non-hydrogen) atoms. The highest BCUT2D eigenvalue weighted by atomic mass is 79.9. The fourth-order valence-electron chi connectivity index (χ4n) is 1.21. The number of halogens is 1.